The van der Waals surface area contributed by atoms with Gasteiger partial charge >= 0.3 is 0 Å². The van der Waals surface area contributed by atoms with Gasteiger partial charge in [0.05, 0.1) is 0 Å². The Bertz CT molecular complexity index is 130. The highest BCUT2D eigenvalue weighted by molar-refractivity contribution is 5.67. The first-order chi connectivity index (χ1) is 5.57. The van der Waals surface area contributed by atoms with Crippen molar-refractivity contribution in [2.24, 2.45) is 11.8 Å². The summed E-state index contributed by atoms with van der Waals surface area (Å²) in [5.74, 6) is -0.660. The smallest absolute Gasteiger partial charge is 0.0445 e. The normalized spacial score (nSPS) is 13.3. The average molecular weight is 171 g/mol. The number of hydrogen-bond donors (Lipinski definition) is 0. The van der Waals surface area contributed by atoms with Gasteiger partial charge in [0.15, 0.2) is 0 Å². The third kappa shape index (κ3) is 5.16. The maximum Gasteiger partial charge on any atom is 0.0445 e. The molecular weight excluding hydrogens is 152 g/mol. The van der Waals surface area contributed by atoms with Crippen LogP contribution in [-0.2, 0) is 4.79 Å². The molecule has 0 radical (unpaired) electrons. The molecular formula is C10H19O2-. The van der Waals surface area contributed by atoms with Crippen LogP contribution in [-0.4, -0.2) is 5.97 Å². The number of aliphatic carboxylic acids is 1. The van der Waals surface area contributed by atoms with Crippen LogP contribution < -0.4 is 5.11 Å². The van der Waals surface area contributed by atoms with E-state index in [0.29, 0.717) is 5.92 Å². The van der Waals surface area contributed by atoms with Gasteiger partial charge in [0.2, 0.25) is 0 Å². The van der Waals surface area contributed by atoms with Gasteiger partial charge in [0.1, 0.15) is 0 Å². The van der Waals surface area contributed by atoms with E-state index in [9.17, 15) is 9.90 Å². The molecule has 2 heteroatoms. The van der Waals surface area contributed by atoms with Crippen molar-refractivity contribution in [3.8, 4) is 0 Å². The van der Waals surface area contributed by atoms with Gasteiger partial charge in [-0.05, 0) is 24.7 Å². The minimum atomic E-state index is -0.878. The van der Waals surface area contributed by atoms with Crippen LogP contribution in [0.3, 0.4) is 0 Å². The molecule has 0 saturated carbocycles. The molecule has 0 amide bonds. The van der Waals surface area contributed by atoms with Crippen LogP contribution in [0, 0.1) is 11.8 Å². The molecule has 0 aromatic carbocycles. The molecule has 2 nitrogen and oxygen atoms in total. The summed E-state index contributed by atoms with van der Waals surface area (Å²) in [5.41, 5.74) is 0. The summed E-state index contributed by atoms with van der Waals surface area (Å²) >= 11 is 0. The maximum atomic E-state index is 10.6. The van der Waals surface area contributed by atoms with Gasteiger partial charge in [-0.2, -0.15) is 0 Å². The van der Waals surface area contributed by atoms with Crippen LogP contribution in [0.15, 0.2) is 0 Å². The topological polar surface area (TPSA) is 40.1 Å². The van der Waals surface area contributed by atoms with Crippen molar-refractivity contribution in [2.75, 3.05) is 0 Å². The average Bonchev–Trinajstić information content (AvgIpc) is 1.96. The Hall–Kier alpha value is -0.530. The summed E-state index contributed by atoms with van der Waals surface area (Å²) in [4.78, 5) is 10.6. The summed E-state index contributed by atoms with van der Waals surface area (Å²) in [6.07, 6.45) is 3.58. The van der Waals surface area contributed by atoms with E-state index in [0.717, 1.165) is 25.7 Å². The van der Waals surface area contributed by atoms with Crippen molar-refractivity contribution >= 4 is 5.97 Å². The van der Waals surface area contributed by atoms with Crippen molar-refractivity contribution in [2.45, 2.75) is 46.5 Å². The number of carbonyl (C=O) groups excluding carboxylic acids is 1. The molecule has 0 aliphatic rings. The zero-order valence-electron chi connectivity index (χ0n) is 8.30. The van der Waals surface area contributed by atoms with Gasteiger partial charge in [0, 0.05) is 5.97 Å². The molecule has 0 spiro atoms. The van der Waals surface area contributed by atoms with Crippen LogP contribution >= 0.6 is 0 Å². The van der Waals surface area contributed by atoms with E-state index in [1.807, 2.05) is 13.8 Å². The van der Waals surface area contributed by atoms with Crippen LogP contribution in [0.5, 0.6) is 0 Å². The van der Waals surface area contributed by atoms with E-state index in [1.54, 1.807) is 0 Å². The van der Waals surface area contributed by atoms with E-state index in [2.05, 4.69) is 6.92 Å². The van der Waals surface area contributed by atoms with Gasteiger partial charge < -0.3 is 9.90 Å². The Morgan fingerprint density at radius 2 is 2.00 bits per heavy atom. The lowest BCUT2D eigenvalue weighted by atomic mass is 9.92. The number of rotatable bonds is 6. The quantitative estimate of drug-likeness (QED) is 0.609. The van der Waals surface area contributed by atoms with Crippen molar-refractivity contribution in [3.63, 3.8) is 0 Å². The molecule has 1 atom stereocenters. The molecule has 0 fully saturated rings. The van der Waals surface area contributed by atoms with Crippen molar-refractivity contribution in [1.82, 2.24) is 0 Å². The number of carboxylic acid groups (broad SMARTS) is 1. The minimum Gasteiger partial charge on any atom is -0.550 e. The van der Waals surface area contributed by atoms with E-state index in [-0.39, 0.29) is 5.92 Å². The second-order valence-electron chi connectivity index (χ2n) is 3.79. The van der Waals surface area contributed by atoms with E-state index in [4.69, 9.17) is 0 Å². The van der Waals surface area contributed by atoms with Gasteiger partial charge in [0.25, 0.3) is 0 Å². The maximum absolute atomic E-state index is 10.6. The SMILES string of the molecule is CCCCC(CC(C)C)C(=O)[O-]. The van der Waals surface area contributed by atoms with Crippen LogP contribution in [0.1, 0.15) is 46.5 Å². The molecule has 0 aromatic heterocycles. The summed E-state index contributed by atoms with van der Waals surface area (Å²) in [6, 6.07) is 0. The molecule has 72 valence electrons. The molecule has 0 saturated heterocycles. The lowest BCUT2D eigenvalue weighted by Crippen LogP contribution is -2.32. The van der Waals surface area contributed by atoms with Crippen molar-refractivity contribution in [3.05, 3.63) is 0 Å². The Morgan fingerprint density at radius 3 is 2.33 bits per heavy atom. The molecule has 0 aliphatic carbocycles. The van der Waals surface area contributed by atoms with Gasteiger partial charge in [-0.15, -0.1) is 0 Å². The fourth-order valence-corrected chi connectivity index (χ4v) is 1.35. The fourth-order valence-electron chi connectivity index (χ4n) is 1.35. The predicted molar refractivity (Wildman–Crippen MR) is 47.5 cm³/mol. The van der Waals surface area contributed by atoms with Crippen LogP contribution in [0.2, 0.25) is 0 Å². The standard InChI is InChI=1S/C10H20O2/c1-4-5-6-9(10(11)12)7-8(2)3/h8-9H,4-7H2,1-3H3,(H,11,12)/p-1. The van der Waals surface area contributed by atoms with E-state index < -0.39 is 5.97 Å². The largest absolute Gasteiger partial charge is 0.550 e. The second kappa shape index (κ2) is 6.04. The Balaban J connectivity index is 3.78. The molecule has 12 heavy (non-hydrogen) atoms. The second-order valence-corrected chi connectivity index (χ2v) is 3.79. The molecule has 0 N–H and O–H groups in total. The Morgan fingerprint density at radius 1 is 1.42 bits per heavy atom. The Labute approximate surface area is 75.0 Å². The molecule has 1 unspecified atom stereocenters. The first kappa shape index (κ1) is 11.5. The molecule has 0 aromatic rings. The molecule has 0 bridgehead atoms. The molecule has 0 heterocycles. The predicted octanol–water partition coefficient (Wildman–Crippen LogP) is 1.59. The molecule has 0 aliphatic heterocycles. The van der Waals surface area contributed by atoms with E-state index in [1.165, 1.54) is 0 Å². The zero-order valence-corrected chi connectivity index (χ0v) is 8.30. The third-order valence-electron chi connectivity index (χ3n) is 2.00. The fraction of sp³-hybridized carbons (Fsp3) is 0.900. The van der Waals surface area contributed by atoms with Gasteiger partial charge in [-0.25, -0.2) is 0 Å². The summed E-state index contributed by atoms with van der Waals surface area (Å²) in [6.45, 7) is 6.16. The van der Waals surface area contributed by atoms with Crippen LogP contribution in [0.25, 0.3) is 0 Å². The van der Waals surface area contributed by atoms with Gasteiger partial charge in [-0.3, -0.25) is 0 Å². The lowest BCUT2D eigenvalue weighted by molar-refractivity contribution is -0.312. The monoisotopic (exact) mass is 171 g/mol. The highest BCUT2D eigenvalue weighted by Crippen LogP contribution is 2.17. The first-order valence-electron chi connectivity index (χ1n) is 4.78. The molecule has 0 rings (SSSR count). The Kier molecular flexibility index (Phi) is 5.77. The number of carboxylic acids is 1. The van der Waals surface area contributed by atoms with Crippen LogP contribution in [0.4, 0.5) is 0 Å². The summed E-state index contributed by atoms with van der Waals surface area (Å²) < 4.78 is 0. The van der Waals surface area contributed by atoms with E-state index >= 15 is 0 Å². The number of carbonyl (C=O) groups is 1. The first-order valence-corrected chi connectivity index (χ1v) is 4.78. The highest BCUT2D eigenvalue weighted by atomic mass is 16.4. The number of hydrogen-bond acceptors (Lipinski definition) is 2. The zero-order chi connectivity index (χ0) is 9.56. The lowest BCUT2D eigenvalue weighted by Gasteiger charge is -2.19. The van der Waals surface area contributed by atoms with Crippen molar-refractivity contribution in [1.29, 1.82) is 0 Å². The summed E-state index contributed by atoms with van der Waals surface area (Å²) in [5, 5.41) is 10.6. The minimum absolute atomic E-state index is 0.232. The third-order valence-corrected chi connectivity index (χ3v) is 2.00. The van der Waals surface area contributed by atoms with Gasteiger partial charge in [-0.1, -0.05) is 33.6 Å². The van der Waals surface area contributed by atoms with Crippen molar-refractivity contribution < 1.29 is 9.90 Å². The summed E-state index contributed by atoms with van der Waals surface area (Å²) in [7, 11) is 0. The number of unbranched alkanes of at least 4 members (excludes halogenated alkanes) is 1. The highest BCUT2D eigenvalue weighted by Gasteiger charge is 2.10.